The number of methoxy groups -OCH3 is 1. The Hall–Kier alpha value is -2.98. The summed E-state index contributed by atoms with van der Waals surface area (Å²) in [5.74, 6) is 1.94. The van der Waals surface area contributed by atoms with Gasteiger partial charge in [-0.1, -0.05) is 0 Å². The number of thiocarbonyl (C=S) groups is 1. The zero-order valence-electron chi connectivity index (χ0n) is 17.8. The topological polar surface area (TPSA) is 85.5 Å². The van der Waals surface area contributed by atoms with E-state index in [0.717, 1.165) is 44.7 Å². The van der Waals surface area contributed by atoms with Gasteiger partial charge in [0, 0.05) is 44.0 Å². The van der Waals surface area contributed by atoms with Crippen LogP contribution >= 0.6 is 23.6 Å². The van der Waals surface area contributed by atoms with Crippen LogP contribution in [0.3, 0.4) is 0 Å². The van der Waals surface area contributed by atoms with E-state index in [-0.39, 0.29) is 5.69 Å². The Kier molecular flexibility index (Phi) is 7.01. The number of aryl methyl sites for hydroxylation is 2. The van der Waals surface area contributed by atoms with Crippen molar-refractivity contribution in [2.75, 3.05) is 25.5 Å². The third-order valence-corrected chi connectivity index (χ3v) is 6.85. The molecule has 1 aliphatic rings. The molecule has 0 saturated carbocycles. The van der Waals surface area contributed by atoms with Crippen LogP contribution in [0.1, 0.15) is 30.1 Å². The highest BCUT2D eigenvalue weighted by Gasteiger charge is 2.25. The summed E-state index contributed by atoms with van der Waals surface area (Å²) in [5, 5.41) is 19.1. The summed E-state index contributed by atoms with van der Waals surface area (Å²) in [6, 6.07) is 6.64. The lowest BCUT2D eigenvalue weighted by Gasteiger charge is -2.34. The molecule has 168 valence electrons. The molecule has 0 bridgehead atoms. The van der Waals surface area contributed by atoms with Crippen molar-refractivity contribution in [1.29, 1.82) is 0 Å². The second-order valence-corrected chi connectivity index (χ2v) is 8.86. The molecule has 1 aliphatic heterocycles. The van der Waals surface area contributed by atoms with Gasteiger partial charge in [-0.3, -0.25) is 10.1 Å². The molecule has 10 heteroatoms. The molecule has 2 aromatic heterocycles. The van der Waals surface area contributed by atoms with Gasteiger partial charge in [-0.15, -0.1) is 0 Å². The van der Waals surface area contributed by atoms with Gasteiger partial charge < -0.3 is 19.5 Å². The van der Waals surface area contributed by atoms with Crippen molar-refractivity contribution < 1.29 is 9.66 Å². The standard InChI is InChI=1S/C22H25N5O3S2/c1-30-20-14-18(27(28)29)2-3-19(20)24-22(31)26-10-5-17(6-11-26)21-23-8-12-25(21)9-4-16-7-13-32-15-16/h2-3,7-8,12-15,17H,4-6,9-11H2,1H3,(H,24,31). The fourth-order valence-electron chi connectivity index (χ4n) is 3.99. The summed E-state index contributed by atoms with van der Waals surface area (Å²) >= 11 is 7.34. The minimum atomic E-state index is -0.445. The Balaban J connectivity index is 1.34. The molecular formula is C22H25N5O3S2. The van der Waals surface area contributed by atoms with Gasteiger partial charge in [-0.05, 0) is 59.9 Å². The lowest BCUT2D eigenvalue weighted by Crippen LogP contribution is -2.40. The van der Waals surface area contributed by atoms with Gasteiger partial charge in [-0.2, -0.15) is 11.3 Å². The van der Waals surface area contributed by atoms with Crippen LogP contribution in [0.15, 0.2) is 47.4 Å². The average molecular weight is 472 g/mol. The van der Waals surface area contributed by atoms with Crippen LogP contribution in [0.4, 0.5) is 11.4 Å². The summed E-state index contributed by atoms with van der Waals surface area (Å²) in [6.07, 6.45) is 6.91. The lowest BCUT2D eigenvalue weighted by molar-refractivity contribution is -0.384. The number of anilines is 1. The molecule has 3 aromatic rings. The number of rotatable bonds is 7. The SMILES string of the molecule is COc1cc([N+](=O)[O-])ccc1NC(=S)N1CCC(c2nccn2CCc2ccsc2)CC1. The van der Waals surface area contributed by atoms with E-state index in [0.29, 0.717) is 22.5 Å². The van der Waals surface area contributed by atoms with E-state index in [2.05, 4.69) is 42.8 Å². The minimum absolute atomic E-state index is 0.0198. The van der Waals surface area contributed by atoms with Gasteiger partial charge in [-0.25, -0.2) is 4.98 Å². The van der Waals surface area contributed by atoms with E-state index >= 15 is 0 Å². The van der Waals surface area contributed by atoms with E-state index in [4.69, 9.17) is 17.0 Å². The molecule has 0 aliphatic carbocycles. The fraction of sp³-hybridized carbons (Fsp3) is 0.364. The first-order valence-corrected chi connectivity index (χ1v) is 11.8. The van der Waals surface area contributed by atoms with Crippen LogP contribution in [-0.4, -0.2) is 44.7 Å². The molecule has 1 aromatic carbocycles. The van der Waals surface area contributed by atoms with Crippen LogP contribution in [0.5, 0.6) is 5.75 Å². The molecule has 0 spiro atoms. The number of hydrogen-bond donors (Lipinski definition) is 1. The normalized spacial score (nSPS) is 14.3. The zero-order chi connectivity index (χ0) is 22.5. The van der Waals surface area contributed by atoms with Crippen molar-refractivity contribution in [1.82, 2.24) is 14.5 Å². The van der Waals surface area contributed by atoms with Crippen molar-refractivity contribution in [3.05, 3.63) is 68.9 Å². The van der Waals surface area contributed by atoms with Crippen LogP contribution in [0.25, 0.3) is 0 Å². The number of nitro benzene ring substituents is 1. The van der Waals surface area contributed by atoms with Gasteiger partial charge >= 0.3 is 0 Å². The number of nitro groups is 1. The van der Waals surface area contributed by atoms with Crippen LogP contribution in [0, 0.1) is 10.1 Å². The number of ether oxygens (including phenoxy) is 1. The third kappa shape index (κ3) is 5.08. The summed E-state index contributed by atoms with van der Waals surface area (Å²) in [7, 11) is 1.49. The molecule has 3 heterocycles. The number of imidazole rings is 1. The fourth-order valence-corrected chi connectivity index (χ4v) is 4.98. The number of piperidine rings is 1. The van der Waals surface area contributed by atoms with E-state index in [1.54, 1.807) is 17.4 Å². The number of benzene rings is 1. The van der Waals surface area contributed by atoms with Gasteiger partial charge in [0.15, 0.2) is 5.11 Å². The molecule has 0 amide bonds. The molecule has 0 unspecified atom stereocenters. The van der Waals surface area contributed by atoms with Crippen LogP contribution in [0.2, 0.25) is 0 Å². The molecule has 0 atom stereocenters. The molecule has 8 nitrogen and oxygen atoms in total. The van der Waals surface area contributed by atoms with Crippen molar-refractivity contribution in [3.63, 3.8) is 0 Å². The van der Waals surface area contributed by atoms with E-state index in [9.17, 15) is 10.1 Å². The second kappa shape index (κ2) is 10.1. The Morgan fingerprint density at radius 3 is 2.88 bits per heavy atom. The first-order chi connectivity index (χ1) is 15.5. The highest BCUT2D eigenvalue weighted by Crippen LogP contribution is 2.31. The molecule has 1 N–H and O–H groups in total. The Morgan fingerprint density at radius 1 is 1.38 bits per heavy atom. The molecule has 4 rings (SSSR count). The summed E-state index contributed by atoms with van der Waals surface area (Å²) in [6.45, 7) is 2.58. The largest absolute Gasteiger partial charge is 0.494 e. The number of aromatic nitrogens is 2. The highest BCUT2D eigenvalue weighted by molar-refractivity contribution is 7.80. The summed E-state index contributed by atoms with van der Waals surface area (Å²) in [5.41, 5.74) is 1.96. The number of likely N-dealkylation sites (tertiary alicyclic amines) is 1. The van der Waals surface area contributed by atoms with Crippen molar-refractivity contribution in [2.24, 2.45) is 0 Å². The maximum absolute atomic E-state index is 11.0. The van der Waals surface area contributed by atoms with Gasteiger partial charge in [0.2, 0.25) is 0 Å². The van der Waals surface area contributed by atoms with E-state index in [1.165, 1.54) is 24.8 Å². The maximum atomic E-state index is 11.0. The first-order valence-electron chi connectivity index (χ1n) is 10.5. The Labute approximate surface area is 196 Å². The first kappa shape index (κ1) is 22.2. The number of nitrogens with one attached hydrogen (secondary N) is 1. The average Bonchev–Trinajstić information content (AvgIpc) is 3.50. The molecule has 1 fully saturated rings. The number of hydrogen-bond acceptors (Lipinski definition) is 6. The molecule has 1 saturated heterocycles. The Morgan fingerprint density at radius 2 is 2.19 bits per heavy atom. The second-order valence-electron chi connectivity index (χ2n) is 7.69. The predicted octanol–water partition coefficient (Wildman–Crippen LogP) is 4.68. The molecule has 32 heavy (non-hydrogen) atoms. The summed E-state index contributed by atoms with van der Waals surface area (Å²) < 4.78 is 7.57. The van der Waals surface area contributed by atoms with Crippen LogP contribution < -0.4 is 10.1 Å². The third-order valence-electron chi connectivity index (χ3n) is 5.75. The number of thiophene rings is 1. The summed E-state index contributed by atoms with van der Waals surface area (Å²) in [4.78, 5) is 17.3. The van der Waals surface area contributed by atoms with Gasteiger partial charge in [0.05, 0.1) is 23.8 Å². The molecular weight excluding hydrogens is 446 g/mol. The minimum Gasteiger partial charge on any atom is -0.494 e. The van der Waals surface area contributed by atoms with Gasteiger partial charge in [0.1, 0.15) is 11.6 Å². The van der Waals surface area contributed by atoms with E-state index < -0.39 is 4.92 Å². The smallest absolute Gasteiger partial charge is 0.273 e. The monoisotopic (exact) mass is 471 g/mol. The number of nitrogens with zero attached hydrogens (tertiary/aromatic N) is 4. The highest BCUT2D eigenvalue weighted by atomic mass is 32.1. The maximum Gasteiger partial charge on any atom is 0.273 e. The number of non-ortho nitro benzene ring substituents is 1. The zero-order valence-corrected chi connectivity index (χ0v) is 19.4. The quantitative estimate of drug-likeness (QED) is 0.304. The van der Waals surface area contributed by atoms with Gasteiger partial charge in [0.25, 0.3) is 5.69 Å². The van der Waals surface area contributed by atoms with Crippen LogP contribution in [-0.2, 0) is 13.0 Å². The molecule has 0 radical (unpaired) electrons. The van der Waals surface area contributed by atoms with E-state index in [1.807, 2.05) is 6.20 Å². The van der Waals surface area contributed by atoms with Crippen molar-refractivity contribution in [3.8, 4) is 5.75 Å². The van der Waals surface area contributed by atoms with Crippen molar-refractivity contribution >= 4 is 40.0 Å². The van der Waals surface area contributed by atoms with Crippen molar-refractivity contribution in [2.45, 2.75) is 31.7 Å². The predicted molar refractivity (Wildman–Crippen MR) is 130 cm³/mol. The lowest BCUT2D eigenvalue weighted by atomic mass is 9.96. The Bertz CT molecular complexity index is 1080.